The molecule has 1 atom stereocenters. The van der Waals surface area contributed by atoms with Gasteiger partial charge >= 0.3 is 0 Å². The van der Waals surface area contributed by atoms with Crippen molar-refractivity contribution in [2.24, 2.45) is 13.0 Å². The van der Waals surface area contributed by atoms with Gasteiger partial charge in [0.2, 0.25) is 0 Å². The average molecular weight is 314 g/mol. The number of aromatic nitrogens is 3. The average Bonchev–Trinajstić information content (AvgIpc) is 3.27. The van der Waals surface area contributed by atoms with Crippen molar-refractivity contribution in [3.8, 4) is 0 Å². The van der Waals surface area contributed by atoms with Gasteiger partial charge < -0.3 is 9.88 Å². The summed E-state index contributed by atoms with van der Waals surface area (Å²) in [4.78, 5) is 0. The molecule has 1 N–H and O–H groups in total. The Bertz CT molecular complexity index is 671. The second-order valence-corrected chi connectivity index (χ2v) is 6.91. The van der Waals surface area contributed by atoms with Crippen molar-refractivity contribution < 1.29 is 4.39 Å². The molecular weight excluding hydrogens is 291 g/mol. The zero-order valence-electron chi connectivity index (χ0n) is 13.5. The molecule has 0 aliphatic heterocycles. The highest BCUT2D eigenvalue weighted by atomic mass is 19.1. The fourth-order valence-corrected chi connectivity index (χ4v) is 3.43. The minimum Gasteiger partial charge on any atom is -0.317 e. The van der Waals surface area contributed by atoms with Gasteiger partial charge in [0.15, 0.2) is 0 Å². The second kappa shape index (κ2) is 6.04. The highest BCUT2D eigenvalue weighted by Gasteiger charge is 2.31. The zero-order valence-corrected chi connectivity index (χ0v) is 13.5. The first-order chi connectivity index (χ1) is 11.2. The fourth-order valence-electron chi connectivity index (χ4n) is 3.43. The Morgan fingerprint density at radius 3 is 2.52 bits per heavy atom. The van der Waals surface area contributed by atoms with Crippen molar-refractivity contribution in [3.05, 3.63) is 47.3 Å². The summed E-state index contributed by atoms with van der Waals surface area (Å²) in [5.41, 5.74) is 1.17. The fraction of sp³-hybridized carbons (Fsp3) is 0.556. The lowest BCUT2D eigenvalue weighted by molar-refractivity contribution is 0.228. The van der Waals surface area contributed by atoms with Crippen molar-refractivity contribution in [2.75, 3.05) is 0 Å². The van der Waals surface area contributed by atoms with E-state index in [1.807, 2.05) is 12.1 Å². The van der Waals surface area contributed by atoms with Crippen LogP contribution in [0.1, 0.15) is 61.3 Å². The molecule has 1 heterocycles. The molecule has 122 valence electrons. The molecular formula is C18H23FN4. The molecule has 0 saturated heterocycles. The monoisotopic (exact) mass is 314 g/mol. The van der Waals surface area contributed by atoms with Crippen molar-refractivity contribution in [2.45, 2.75) is 50.6 Å². The van der Waals surface area contributed by atoms with Crippen LogP contribution in [0.15, 0.2) is 24.3 Å². The number of halogens is 1. The summed E-state index contributed by atoms with van der Waals surface area (Å²) >= 11 is 0. The maximum atomic E-state index is 13.2. The van der Waals surface area contributed by atoms with Crippen LogP contribution in [0.4, 0.5) is 4.39 Å². The Balaban J connectivity index is 1.48. The Kier molecular flexibility index (Phi) is 3.89. The molecule has 2 aromatic rings. The molecule has 2 aliphatic carbocycles. The lowest BCUT2D eigenvalue weighted by Gasteiger charge is -2.34. The lowest BCUT2D eigenvalue weighted by atomic mass is 9.77. The molecule has 1 aromatic heterocycles. The normalized spacial score (nSPS) is 19.6. The summed E-state index contributed by atoms with van der Waals surface area (Å²) in [7, 11) is 2.06. The Hall–Kier alpha value is -1.75. The molecule has 2 fully saturated rings. The van der Waals surface area contributed by atoms with Gasteiger partial charge in [0.05, 0.1) is 6.54 Å². The Morgan fingerprint density at radius 2 is 1.91 bits per heavy atom. The van der Waals surface area contributed by atoms with Crippen LogP contribution in [0.25, 0.3) is 0 Å². The van der Waals surface area contributed by atoms with Gasteiger partial charge in [0, 0.05) is 19.0 Å². The van der Waals surface area contributed by atoms with Gasteiger partial charge in [-0.05, 0) is 49.3 Å². The first-order valence-corrected chi connectivity index (χ1v) is 8.59. The molecule has 1 aromatic carbocycles. The highest BCUT2D eigenvalue weighted by molar-refractivity contribution is 5.21. The predicted octanol–water partition coefficient (Wildman–Crippen LogP) is 3.46. The number of hydrogen-bond acceptors (Lipinski definition) is 3. The molecule has 23 heavy (non-hydrogen) atoms. The van der Waals surface area contributed by atoms with E-state index in [0.29, 0.717) is 18.4 Å². The number of benzene rings is 1. The van der Waals surface area contributed by atoms with Gasteiger partial charge in [0.1, 0.15) is 17.5 Å². The van der Waals surface area contributed by atoms with Crippen molar-refractivity contribution in [1.82, 2.24) is 20.1 Å². The molecule has 2 aliphatic rings. The lowest BCUT2D eigenvalue weighted by Crippen LogP contribution is -2.32. The van der Waals surface area contributed by atoms with E-state index in [4.69, 9.17) is 0 Å². The van der Waals surface area contributed by atoms with Crippen molar-refractivity contribution in [3.63, 3.8) is 0 Å². The molecule has 2 saturated carbocycles. The molecule has 0 bridgehead atoms. The van der Waals surface area contributed by atoms with Crippen molar-refractivity contribution in [1.29, 1.82) is 0 Å². The summed E-state index contributed by atoms with van der Waals surface area (Å²) in [6.07, 6.45) is 6.24. The molecule has 4 nitrogen and oxygen atoms in total. The number of nitrogens with zero attached hydrogens (tertiary/aromatic N) is 3. The highest BCUT2D eigenvalue weighted by Crippen LogP contribution is 2.39. The first kappa shape index (κ1) is 14.8. The van der Waals surface area contributed by atoms with Crippen LogP contribution in [-0.4, -0.2) is 14.8 Å². The predicted molar refractivity (Wildman–Crippen MR) is 86.3 cm³/mol. The largest absolute Gasteiger partial charge is 0.317 e. The van der Waals surface area contributed by atoms with Crippen LogP contribution in [0.3, 0.4) is 0 Å². The zero-order chi connectivity index (χ0) is 15.8. The van der Waals surface area contributed by atoms with E-state index in [1.54, 1.807) is 12.1 Å². The van der Waals surface area contributed by atoms with Crippen molar-refractivity contribution >= 4 is 0 Å². The summed E-state index contributed by atoms with van der Waals surface area (Å²) in [5.74, 6) is 3.17. The van der Waals surface area contributed by atoms with Crippen LogP contribution >= 0.6 is 0 Å². The third-order valence-corrected chi connectivity index (χ3v) is 5.27. The maximum absolute atomic E-state index is 13.2. The van der Waals surface area contributed by atoms with Gasteiger partial charge in [-0.2, -0.15) is 0 Å². The molecule has 0 amide bonds. The number of hydrogen-bond donors (Lipinski definition) is 1. The van der Waals surface area contributed by atoms with E-state index >= 15 is 0 Å². The summed E-state index contributed by atoms with van der Waals surface area (Å²) in [5, 5.41) is 12.3. The maximum Gasteiger partial charge on any atom is 0.146 e. The van der Waals surface area contributed by atoms with Gasteiger partial charge in [-0.25, -0.2) is 4.39 Å². The smallest absolute Gasteiger partial charge is 0.146 e. The number of nitrogens with one attached hydrogen (secondary N) is 1. The summed E-state index contributed by atoms with van der Waals surface area (Å²) in [6.45, 7) is 0.703. The second-order valence-electron chi connectivity index (χ2n) is 6.91. The quantitative estimate of drug-likeness (QED) is 0.888. The molecule has 4 rings (SSSR count). The Labute approximate surface area is 136 Å². The number of rotatable bonds is 6. The standard InChI is InChI=1S/C18H23FN4/c1-23-16(21-22-18(23)14-5-6-14)11-20-17(12-3-2-4-12)13-7-9-15(19)10-8-13/h7-10,12,14,17,20H,2-6,11H2,1H3. The molecule has 1 unspecified atom stereocenters. The van der Waals surface area contributed by atoms with Crippen LogP contribution in [0.2, 0.25) is 0 Å². The van der Waals surface area contributed by atoms with Crippen LogP contribution in [0.5, 0.6) is 0 Å². The van der Waals surface area contributed by atoms with E-state index in [-0.39, 0.29) is 11.9 Å². The molecule has 0 radical (unpaired) electrons. The minimum atomic E-state index is -0.177. The minimum absolute atomic E-state index is 0.177. The van der Waals surface area contributed by atoms with Crippen LogP contribution in [0, 0.1) is 11.7 Å². The van der Waals surface area contributed by atoms with E-state index in [1.165, 1.54) is 37.7 Å². The third-order valence-electron chi connectivity index (χ3n) is 5.27. The summed E-state index contributed by atoms with van der Waals surface area (Å²) in [6, 6.07) is 7.17. The van der Waals surface area contributed by atoms with E-state index < -0.39 is 0 Å². The first-order valence-electron chi connectivity index (χ1n) is 8.59. The van der Waals surface area contributed by atoms with Gasteiger partial charge in [-0.15, -0.1) is 10.2 Å². The van der Waals surface area contributed by atoms with Gasteiger partial charge in [0.25, 0.3) is 0 Å². The molecule has 0 spiro atoms. The van der Waals surface area contributed by atoms with E-state index in [9.17, 15) is 4.39 Å². The van der Waals surface area contributed by atoms with Crippen LogP contribution in [-0.2, 0) is 13.6 Å². The van der Waals surface area contributed by atoms with E-state index in [2.05, 4.69) is 27.1 Å². The summed E-state index contributed by atoms with van der Waals surface area (Å²) < 4.78 is 15.3. The Morgan fingerprint density at radius 1 is 1.17 bits per heavy atom. The topological polar surface area (TPSA) is 42.7 Å². The third kappa shape index (κ3) is 3.02. The SMILES string of the molecule is Cn1c(CNC(c2ccc(F)cc2)C2CCC2)nnc1C1CC1. The van der Waals surface area contributed by atoms with Gasteiger partial charge in [-0.1, -0.05) is 18.6 Å². The van der Waals surface area contributed by atoms with Gasteiger partial charge in [-0.3, -0.25) is 0 Å². The molecule has 5 heteroatoms. The van der Waals surface area contributed by atoms with E-state index in [0.717, 1.165) is 11.6 Å². The van der Waals surface area contributed by atoms with Crippen LogP contribution < -0.4 is 5.32 Å².